The zero-order valence-electron chi connectivity index (χ0n) is 10.9. The first kappa shape index (κ1) is 15.3. The predicted octanol–water partition coefficient (Wildman–Crippen LogP) is -0.647. The lowest BCUT2D eigenvalue weighted by Gasteiger charge is -2.17. The molecule has 0 aliphatic heterocycles. The normalized spacial score (nSPS) is 11.1. The summed E-state index contributed by atoms with van der Waals surface area (Å²) in [5.41, 5.74) is 7.19. The van der Waals surface area contributed by atoms with Crippen molar-refractivity contribution in [2.24, 2.45) is 5.14 Å². The number of sulfonamides is 1. The Kier molecular flexibility index (Phi) is 4.73. The van der Waals surface area contributed by atoms with Crippen LogP contribution in [-0.2, 0) is 10.0 Å². The predicted molar refractivity (Wildman–Crippen MR) is 75.5 cm³/mol. The van der Waals surface area contributed by atoms with Gasteiger partial charge in [-0.25, -0.2) is 13.6 Å². The molecule has 1 amide bonds. The zero-order valence-corrected chi connectivity index (χ0v) is 11.7. The number of carbonyl (C=O) groups is 1. The van der Waals surface area contributed by atoms with E-state index in [0.29, 0.717) is 16.9 Å². The molecule has 0 fully saturated rings. The van der Waals surface area contributed by atoms with Gasteiger partial charge in [-0.2, -0.15) is 0 Å². The lowest BCUT2D eigenvalue weighted by atomic mass is 10.1. The first-order chi connectivity index (χ1) is 8.70. The number of carbonyl (C=O) groups excluding carboxylic acids is 1. The molecule has 0 bridgehead atoms. The lowest BCUT2D eigenvalue weighted by Crippen LogP contribution is -2.32. The van der Waals surface area contributed by atoms with Crippen LogP contribution in [0, 0.1) is 0 Å². The summed E-state index contributed by atoms with van der Waals surface area (Å²) in [6.07, 6.45) is 0. The number of rotatable bonds is 5. The Morgan fingerprint density at radius 3 is 2.53 bits per heavy atom. The van der Waals surface area contributed by atoms with Crippen molar-refractivity contribution in [3.8, 4) is 0 Å². The van der Waals surface area contributed by atoms with Crippen molar-refractivity contribution in [3.63, 3.8) is 0 Å². The van der Waals surface area contributed by atoms with Crippen molar-refractivity contribution >= 4 is 27.3 Å². The summed E-state index contributed by atoms with van der Waals surface area (Å²) in [7, 11) is 0.0101. The largest absolute Gasteiger partial charge is 0.399 e. The van der Waals surface area contributed by atoms with Gasteiger partial charge in [0.15, 0.2) is 0 Å². The molecule has 0 spiro atoms. The number of anilines is 2. The molecule has 106 valence electrons. The Hall–Kier alpha value is -1.80. The molecule has 0 saturated heterocycles. The van der Waals surface area contributed by atoms with Gasteiger partial charge in [-0.15, -0.1) is 0 Å². The number of primary sulfonamides is 1. The fraction of sp³-hybridized carbons (Fsp3) is 0.364. The lowest BCUT2D eigenvalue weighted by molar-refractivity contribution is 0.0956. The molecule has 1 aromatic rings. The highest BCUT2D eigenvalue weighted by atomic mass is 32.2. The molecule has 0 unspecified atom stereocenters. The van der Waals surface area contributed by atoms with Gasteiger partial charge >= 0.3 is 0 Å². The van der Waals surface area contributed by atoms with Gasteiger partial charge in [-0.1, -0.05) is 0 Å². The second-order valence-electron chi connectivity index (χ2n) is 4.29. The highest BCUT2D eigenvalue weighted by molar-refractivity contribution is 7.89. The fourth-order valence-electron chi connectivity index (χ4n) is 1.53. The summed E-state index contributed by atoms with van der Waals surface area (Å²) in [6, 6.07) is 4.96. The van der Waals surface area contributed by atoms with E-state index in [4.69, 9.17) is 10.9 Å². The molecule has 0 aliphatic rings. The summed E-state index contributed by atoms with van der Waals surface area (Å²) >= 11 is 0. The van der Waals surface area contributed by atoms with Crippen molar-refractivity contribution in [3.05, 3.63) is 23.8 Å². The Bertz CT molecular complexity index is 569. The summed E-state index contributed by atoms with van der Waals surface area (Å²) in [6.45, 7) is -0.0423. The quantitative estimate of drug-likeness (QED) is 0.622. The molecule has 0 saturated carbocycles. The molecule has 19 heavy (non-hydrogen) atoms. The molecular weight excluding hydrogens is 268 g/mol. The Balaban J connectivity index is 2.84. The SMILES string of the molecule is CN(C)c1ccc(N)cc1C(=O)NCCS(N)(=O)=O. The van der Waals surface area contributed by atoms with Crippen LogP contribution in [0.15, 0.2) is 18.2 Å². The molecule has 0 aromatic heterocycles. The van der Waals surface area contributed by atoms with Gasteiger partial charge < -0.3 is 16.0 Å². The Morgan fingerprint density at radius 1 is 1.37 bits per heavy atom. The van der Waals surface area contributed by atoms with Crippen LogP contribution in [0.2, 0.25) is 0 Å². The van der Waals surface area contributed by atoms with E-state index in [1.165, 1.54) is 0 Å². The number of hydrogen-bond donors (Lipinski definition) is 3. The van der Waals surface area contributed by atoms with E-state index in [1.54, 1.807) is 37.2 Å². The standard InChI is InChI=1S/C11H18N4O3S/c1-15(2)10-4-3-8(12)7-9(10)11(16)14-5-6-19(13,17)18/h3-4,7H,5-6,12H2,1-2H3,(H,14,16)(H2,13,17,18). The van der Waals surface area contributed by atoms with Crippen molar-refractivity contribution in [2.75, 3.05) is 37.0 Å². The number of benzene rings is 1. The van der Waals surface area contributed by atoms with Gasteiger partial charge in [0, 0.05) is 32.0 Å². The van der Waals surface area contributed by atoms with Crippen molar-refractivity contribution in [1.82, 2.24) is 5.32 Å². The summed E-state index contributed by atoms with van der Waals surface area (Å²) in [4.78, 5) is 13.8. The van der Waals surface area contributed by atoms with Crippen molar-refractivity contribution in [2.45, 2.75) is 0 Å². The van der Waals surface area contributed by atoms with E-state index in [1.807, 2.05) is 0 Å². The molecular formula is C11H18N4O3S. The Labute approximate surface area is 112 Å². The minimum absolute atomic E-state index is 0.0423. The van der Waals surface area contributed by atoms with Crippen molar-refractivity contribution < 1.29 is 13.2 Å². The number of nitrogens with one attached hydrogen (secondary N) is 1. The molecule has 0 aliphatic carbocycles. The molecule has 1 aromatic carbocycles. The highest BCUT2D eigenvalue weighted by Gasteiger charge is 2.13. The monoisotopic (exact) mass is 286 g/mol. The van der Waals surface area contributed by atoms with Gasteiger partial charge in [-0.3, -0.25) is 4.79 Å². The van der Waals surface area contributed by atoms with Crippen LogP contribution in [0.5, 0.6) is 0 Å². The number of hydrogen-bond acceptors (Lipinski definition) is 5. The van der Waals surface area contributed by atoms with Gasteiger partial charge in [0.05, 0.1) is 11.3 Å². The van der Waals surface area contributed by atoms with E-state index >= 15 is 0 Å². The second-order valence-corrected chi connectivity index (χ2v) is 6.03. The third kappa shape index (κ3) is 4.76. The summed E-state index contributed by atoms with van der Waals surface area (Å²) in [5.74, 6) is -0.696. The van der Waals surface area contributed by atoms with Gasteiger partial charge in [0.1, 0.15) is 0 Å². The summed E-state index contributed by atoms with van der Waals surface area (Å²) < 4.78 is 21.6. The second kappa shape index (κ2) is 5.89. The minimum Gasteiger partial charge on any atom is -0.399 e. The number of amides is 1. The maximum Gasteiger partial charge on any atom is 0.253 e. The van der Waals surface area contributed by atoms with Crippen LogP contribution in [0.4, 0.5) is 11.4 Å². The zero-order chi connectivity index (χ0) is 14.6. The number of nitrogens with zero attached hydrogens (tertiary/aromatic N) is 1. The average Bonchev–Trinajstić information content (AvgIpc) is 2.26. The van der Waals surface area contributed by atoms with Gasteiger partial charge in [-0.05, 0) is 18.2 Å². The molecule has 0 atom stereocenters. The van der Waals surface area contributed by atoms with Crippen LogP contribution in [0.3, 0.4) is 0 Å². The molecule has 1 rings (SSSR count). The van der Waals surface area contributed by atoms with Gasteiger partial charge in [0.25, 0.3) is 5.91 Å². The van der Waals surface area contributed by atoms with Crippen LogP contribution >= 0.6 is 0 Å². The van der Waals surface area contributed by atoms with E-state index in [2.05, 4.69) is 5.32 Å². The first-order valence-electron chi connectivity index (χ1n) is 5.56. The van der Waals surface area contributed by atoms with Crippen LogP contribution in [-0.4, -0.2) is 40.7 Å². The van der Waals surface area contributed by atoms with E-state index in [9.17, 15) is 13.2 Å². The average molecular weight is 286 g/mol. The van der Waals surface area contributed by atoms with E-state index < -0.39 is 10.0 Å². The molecule has 5 N–H and O–H groups in total. The fourth-order valence-corrected chi connectivity index (χ4v) is 1.91. The van der Waals surface area contributed by atoms with Crippen LogP contribution < -0.4 is 21.1 Å². The maximum atomic E-state index is 12.0. The number of nitrogens with two attached hydrogens (primary N) is 2. The highest BCUT2D eigenvalue weighted by Crippen LogP contribution is 2.21. The van der Waals surface area contributed by atoms with Gasteiger partial charge in [0.2, 0.25) is 10.0 Å². The molecule has 8 heteroatoms. The molecule has 0 radical (unpaired) electrons. The number of nitrogen functional groups attached to an aromatic ring is 1. The topological polar surface area (TPSA) is 119 Å². The third-order valence-electron chi connectivity index (χ3n) is 2.42. The van der Waals surface area contributed by atoms with E-state index in [0.717, 1.165) is 0 Å². The smallest absolute Gasteiger partial charge is 0.253 e. The summed E-state index contributed by atoms with van der Waals surface area (Å²) in [5, 5.41) is 7.35. The van der Waals surface area contributed by atoms with Crippen molar-refractivity contribution in [1.29, 1.82) is 0 Å². The Morgan fingerprint density at radius 2 is 2.00 bits per heavy atom. The molecule has 7 nitrogen and oxygen atoms in total. The maximum absolute atomic E-state index is 12.0. The first-order valence-corrected chi connectivity index (χ1v) is 7.28. The molecule has 0 heterocycles. The third-order valence-corrected chi connectivity index (χ3v) is 3.19. The van der Waals surface area contributed by atoms with E-state index in [-0.39, 0.29) is 18.2 Å². The van der Waals surface area contributed by atoms with Crippen LogP contribution in [0.1, 0.15) is 10.4 Å². The van der Waals surface area contributed by atoms with Crippen LogP contribution in [0.25, 0.3) is 0 Å². The minimum atomic E-state index is -3.59.